The highest BCUT2D eigenvalue weighted by Crippen LogP contribution is 2.34. The van der Waals surface area contributed by atoms with Gasteiger partial charge in [0, 0.05) is 40.6 Å². The van der Waals surface area contributed by atoms with Gasteiger partial charge in [-0.1, -0.05) is 0 Å². The maximum Gasteiger partial charge on any atom is 0.112 e. The molecule has 0 amide bonds. The Balaban J connectivity index is 1.93. The zero-order valence-corrected chi connectivity index (χ0v) is 12.2. The minimum Gasteiger partial charge on any atom is -0.337 e. The average Bonchev–Trinajstić information content (AvgIpc) is 3.18. The summed E-state index contributed by atoms with van der Waals surface area (Å²) in [6, 6.07) is 8.34. The van der Waals surface area contributed by atoms with Crippen LogP contribution in [-0.2, 0) is 19.4 Å². The lowest BCUT2D eigenvalue weighted by molar-refractivity contribution is 0.686. The zero-order chi connectivity index (χ0) is 14.4. The second-order valence-corrected chi connectivity index (χ2v) is 6.43. The first-order chi connectivity index (χ1) is 10.3. The van der Waals surface area contributed by atoms with Crippen molar-refractivity contribution in [2.24, 2.45) is 5.73 Å². The summed E-state index contributed by atoms with van der Waals surface area (Å²) in [7, 11) is 0. The Bertz CT molecular complexity index is 855. The van der Waals surface area contributed by atoms with E-state index in [4.69, 9.17) is 11.0 Å². The summed E-state index contributed by atoms with van der Waals surface area (Å²) in [5.41, 5.74) is 10.6. The lowest BCUT2D eigenvalue weighted by atomic mass is 10.1. The van der Waals surface area contributed by atoms with E-state index in [9.17, 15) is 0 Å². The molecular formula is C16H14N4S. The van der Waals surface area contributed by atoms with Crippen LogP contribution in [0.1, 0.15) is 21.8 Å². The number of hydrogen-bond acceptors (Lipinski definition) is 4. The summed E-state index contributed by atoms with van der Waals surface area (Å²) in [4.78, 5) is 4.39. The highest BCUT2D eigenvalue weighted by atomic mass is 32.1. The number of hydrogen-bond donors (Lipinski definition) is 1. The molecule has 0 spiro atoms. The van der Waals surface area contributed by atoms with Gasteiger partial charge < -0.3 is 10.3 Å². The third-order valence-corrected chi connectivity index (χ3v) is 4.88. The quantitative estimate of drug-likeness (QED) is 0.789. The molecule has 4 nitrogen and oxygen atoms in total. The van der Waals surface area contributed by atoms with Crippen molar-refractivity contribution < 1.29 is 0 Å². The third kappa shape index (κ3) is 1.96. The Morgan fingerprint density at radius 1 is 1.43 bits per heavy atom. The van der Waals surface area contributed by atoms with Crippen molar-refractivity contribution in [1.82, 2.24) is 9.55 Å². The minimum absolute atomic E-state index is 0.188. The molecule has 0 saturated carbocycles. The van der Waals surface area contributed by atoms with Crippen molar-refractivity contribution in [3.8, 4) is 6.07 Å². The highest BCUT2D eigenvalue weighted by Gasteiger charge is 2.26. The molecule has 21 heavy (non-hydrogen) atoms. The predicted molar refractivity (Wildman–Crippen MR) is 83.3 cm³/mol. The van der Waals surface area contributed by atoms with Crippen molar-refractivity contribution in [2.45, 2.75) is 25.4 Å². The average molecular weight is 294 g/mol. The first-order valence-electron chi connectivity index (χ1n) is 6.94. The molecule has 2 heterocycles. The number of rotatable bonds is 2. The molecule has 1 aliphatic carbocycles. The van der Waals surface area contributed by atoms with E-state index in [0.717, 1.165) is 24.4 Å². The second kappa shape index (κ2) is 4.69. The van der Waals surface area contributed by atoms with Crippen LogP contribution in [0.15, 0.2) is 29.8 Å². The van der Waals surface area contributed by atoms with Crippen LogP contribution in [0.4, 0.5) is 0 Å². The lowest BCUT2D eigenvalue weighted by Gasteiger charge is -2.09. The molecule has 5 heteroatoms. The van der Waals surface area contributed by atoms with Crippen LogP contribution >= 0.6 is 11.3 Å². The first-order valence-corrected chi connectivity index (χ1v) is 7.82. The summed E-state index contributed by atoms with van der Waals surface area (Å²) in [5.74, 6) is 0. The van der Waals surface area contributed by atoms with Crippen LogP contribution < -0.4 is 5.73 Å². The van der Waals surface area contributed by atoms with Gasteiger partial charge >= 0.3 is 0 Å². The van der Waals surface area contributed by atoms with Gasteiger partial charge in [0.1, 0.15) is 5.01 Å². The highest BCUT2D eigenvalue weighted by molar-refractivity contribution is 7.09. The number of nitriles is 1. The predicted octanol–water partition coefficient (Wildman–Crippen LogP) is 2.44. The number of nitrogens with zero attached hydrogens (tertiary/aromatic N) is 3. The van der Waals surface area contributed by atoms with E-state index in [0.29, 0.717) is 5.56 Å². The third-order valence-electron chi connectivity index (χ3n) is 4.11. The van der Waals surface area contributed by atoms with Gasteiger partial charge in [-0.3, -0.25) is 0 Å². The van der Waals surface area contributed by atoms with Gasteiger partial charge in [0.2, 0.25) is 0 Å². The van der Waals surface area contributed by atoms with Crippen LogP contribution in [0.5, 0.6) is 0 Å². The zero-order valence-electron chi connectivity index (χ0n) is 11.4. The molecule has 0 aliphatic heterocycles. The summed E-state index contributed by atoms with van der Waals surface area (Å²) in [6.07, 6.45) is 3.63. The molecular weight excluding hydrogens is 280 g/mol. The molecule has 0 saturated heterocycles. The van der Waals surface area contributed by atoms with Crippen molar-refractivity contribution in [3.05, 3.63) is 51.6 Å². The molecule has 1 atom stereocenters. The molecule has 1 aliphatic rings. The van der Waals surface area contributed by atoms with Crippen molar-refractivity contribution in [2.75, 3.05) is 0 Å². The first kappa shape index (κ1) is 12.6. The van der Waals surface area contributed by atoms with Gasteiger partial charge in [-0.05, 0) is 30.2 Å². The molecule has 0 radical (unpaired) electrons. The summed E-state index contributed by atoms with van der Waals surface area (Å²) < 4.78 is 2.32. The van der Waals surface area contributed by atoms with Gasteiger partial charge in [-0.2, -0.15) is 5.26 Å². The topological polar surface area (TPSA) is 67.6 Å². The maximum atomic E-state index is 9.12. The summed E-state index contributed by atoms with van der Waals surface area (Å²) >= 11 is 1.67. The van der Waals surface area contributed by atoms with E-state index in [-0.39, 0.29) is 6.04 Å². The molecule has 1 unspecified atom stereocenters. The number of fused-ring (bicyclic) bond motifs is 3. The molecule has 104 valence electrons. The van der Waals surface area contributed by atoms with Crippen LogP contribution in [0.3, 0.4) is 0 Å². The van der Waals surface area contributed by atoms with Crippen LogP contribution in [0.2, 0.25) is 0 Å². The minimum atomic E-state index is 0.188. The number of aromatic nitrogens is 2. The Kier molecular flexibility index (Phi) is 2.81. The Labute approximate surface area is 126 Å². The second-order valence-electron chi connectivity index (χ2n) is 5.45. The fourth-order valence-corrected chi connectivity index (χ4v) is 3.84. The van der Waals surface area contributed by atoms with E-state index in [2.05, 4.69) is 15.6 Å². The Morgan fingerprint density at radius 2 is 2.33 bits per heavy atom. The molecule has 0 bridgehead atoms. The van der Waals surface area contributed by atoms with Gasteiger partial charge in [0.25, 0.3) is 0 Å². The van der Waals surface area contributed by atoms with E-state index in [1.165, 1.54) is 22.2 Å². The molecule has 0 fully saturated rings. The van der Waals surface area contributed by atoms with Crippen LogP contribution in [-0.4, -0.2) is 15.6 Å². The lowest BCUT2D eigenvalue weighted by Crippen LogP contribution is -2.20. The van der Waals surface area contributed by atoms with Gasteiger partial charge in [-0.25, -0.2) is 4.98 Å². The molecule has 1 aromatic carbocycles. The standard InChI is InChI=1S/C16H14N4S/c17-8-10-1-2-14-12(5-10)13-6-11(18)7-15(13)20(14)9-16-19-3-4-21-16/h1-5,11H,6-7,9,18H2. The smallest absolute Gasteiger partial charge is 0.112 e. The molecule has 2 N–H and O–H groups in total. The molecule has 2 aromatic heterocycles. The maximum absolute atomic E-state index is 9.12. The Hall–Kier alpha value is -2.16. The van der Waals surface area contributed by atoms with E-state index < -0.39 is 0 Å². The van der Waals surface area contributed by atoms with Crippen molar-refractivity contribution in [1.29, 1.82) is 5.26 Å². The van der Waals surface area contributed by atoms with Crippen molar-refractivity contribution >= 4 is 22.2 Å². The monoisotopic (exact) mass is 294 g/mol. The van der Waals surface area contributed by atoms with Crippen LogP contribution in [0.25, 0.3) is 10.9 Å². The van der Waals surface area contributed by atoms with Gasteiger partial charge in [0.15, 0.2) is 0 Å². The number of thiazole rings is 1. The number of benzene rings is 1. The summed E-state index contributed by atoms with van der Waals surface area (Å²) in [5, 5.41) is 13.4. The molecule has 3 aromatic rings. The largest absolute Gasteiger partial charge is 0.337 e. The van der Waals surface area contributed by atoms with Gasteiger partial charge in [0.05, 0.1) is 18.2 Å². The fourth-order valence-electron chi connectivity index (χ4n) is 3.24. The normalized spacial score (nSPS) is 17.0. The van der Waals surface area contributed by atoms with Crippen molar-refractivity contribution in [3.63, 3.8) is 0 Å². The summed E-state index contributed by atoms with van der Waals surface area (Å²) in [6.45, 7) is 0.780. The molecule has 4 rings (SSSR count). The fraction of sp³-hybridized carbons (Fsp3) is 0.250. The number of nitrogens with two attached hydrogens (primary N) is 1. The van der Waals surface area contributed by atoms with Crippen LogP contribution in [0, 0.1) is 11.3 Å². The SMILES string of the molecule is N#Cc1ccc2c(c1)c1c(n2Cc2nccs2)CC(N)C1. The van der Waals surface area contributed by atoms with E-state index in [1.807, 2.05) is 29.8 Å². The van der Waals surface area contributed by atoms with Gasteiger partial charge in [-0.15, -0.1) is 11.3 Å². The Morgan fingerprint density at radius 3 is 3.10 bits per heavy atom. The van der Waals surface area contributed by atoms with E-state index >= 15 is 0 Å². The van der Waals surface area contributed by atoms with E-state index in [1.54, 1.807) is 11.3 Å².